The molecule has 1 heterocycles. The molecule has 0 aliphatic carbocycles. The van der Waals surface area contributed by atoms with Crippen molar-refractivity contribution in [2.24, 2.45) is 0 Å². The number of nitrogens with zero attached hydrogens (tertiary/aromatic N) is 1. The molecule has 1 unspecified atom stereocenters. The number of esters is 1. The minimum atomic E-state index is -1.09. The Bertz CT molecular complexity index is 932. The minimum absolute atomic E-state index is 0.0123. The van der Waals surface area contributed by atoms with Crippen molar-refractivity contribution in [2.45, 2.75) is 38.8 Å². The summed E-state index contributed by atoms with van der Waals surface area (Å²) < 4.78 is 5.18. The molecule has 1 aliphatic rings. The Morgan fingerprint density at radius 2 is 1.90 bits per heavy atom. The fourth-order valence-electron chi connectivity index (χ4n) is 3.94. The molecule has 2 aromatic carbocycles. The number of anilines is 1. The van der Waals surface area contributed by atoms with Crippen molar-refractivity contribution in [1.29, 1.82) is 0 Å². The lowest BCUT2D eigenvalue weighted by Gasteiger charge is -2.42. The van der Waals surface area contributed by atoms with Crippen LogP contribution in [0.3, 0.4) is 0 Å². The van der Waals surface area contributed by atoms with E-state index in [-0.39, 0.29) is 31.1 Å². The topological polar surface area (TPSA) is 58.6 Å². The highest BCUT2D eigenvalue weighted by atomic mass is 35.5. The molecule has 0 bridgehead atoms. The lowest BCUT2D eigenvalue weighted by molar-refractivity contribution is -0.149. The van der Waals surface area contributed by atoms with E-state index >= 15 is 0 Å². The van der Waals surface area contributed by atoms with Crippen molar-refractivity contribution in [1.82, 2.24) is 4.90 Å². The predicted molar refractivity (Wildman–Crippen MR) is 115 cm³/mol. The van der Waals surface area contributed by atoms with Crippen molar-refractivity contribution in [3.05, 3.63) is 63.6 Å². The van der Waals surface area contributed by atoms with Crippen LogP contribution in [0.15, 0.2) is 42.5 Å². The van der Waals surface area contributed by atoms with E-state index in [1.165, 1.54) is 0 Å². The maximum Gasteiger partial charge on any atom is 0.320 e. The molecule has 0 radical (unpaired) electrons. The minimum Gasteiger partial charge on any atom is -0.465 e. The van der Waals surface area contributed by atoms with Crippen LogP contribution in [0.25, 0.3) is 0 Å². The zero-order valence-electron chi connectivity index (χ0n) is 16.7. The third-order valence-corrected chi connectivity index (χ3v) is 5.59. The number of amides is 1. The summed E-state index contributed by atoms with van der Waals surface area (Å²) >= 11 is 12.4. The Hall–Kier alpha value is -2.08. The fraction of sp³-hybridized carbons (Fsp3) is 0.364. The number of rotatable bonds is 7. The van der Waals surface area contributed by atoms with E-state index in [4.69, 9.17) is 27.9 Å². The summed E-state index contributed by atoms with van der Waals surface area (Å²) in [6.07, 6.45) is 0.353. The molecule has 0 saturated carbocycles. The van der Waals surface area contributed by atoms with Gasteiger partial charge in [0.15, 0.2) is 0 Å². The standard InChI is InChI=1S/C22H24Cl2N2O3/c1-4-29-20(27)13-26(14(2)3)22(12-15-6-5-7-16(23)10-15)18-9-8-17(24)11-19(18)25-21(22)28/h5-11,14H,4,12-13H2,1-3H3,(H,25,28). The molecule has 0 spiro atoms. The van der Waals surface area contributed by atoms with E-state index < -0.39 is 5.54 Å². The fourth-order valence-corrected chi connectivity index (χ4v) is 4.32. The second kappa shape index (κ2) is 8.74. The molecule has 0 aromatic heterocycles. The molecule has 1 N–H and O–H groups in total. The third-order valence-electron chi connectivity index (χ3n) is 5.12. The molecule has 1 aliphatic heterocycles. The van der Waals surface area contributed by atoms with E-state index in [0.29, 0.717) is 22.2 Å². The summed E-state index contributed by atoms with van der Waals surface area (Å²) in [6.45, 7) is 5.95. The average molecular weight is 435 g/mol. The monoisotopic (exact) mass is 434 g/mol. The highest BCUT2D eigenvalue weighted by Crippen LogP contribution is 2.45. The second-order valence-corrected chi connectivity index (χ2v) is 8.21. The number of hydrogen-bond donors (Lipinski definition) is 1. The molecule has 1 amide bonds. The molecule has 7 heteroatoms. The summed E-state index contributed by atoms with van der Waals surface area (Å²) in [6, 6.07) is 12.6. The lowest BCUT2D eigenvalue weighted by Crippen LogP contribution is -2.57. The third kappa shape index (κ3) is 4.27. The highest BCUT2D eigenvalue weighted by molar-refractivity contribution is 6.31. The number of hydrogen-bond acceptors (Lipinski definition) is 4. The summed E-state index contributed by atoms with van der Waals surface area (Å²) in [5, 5.41) is 4.08. The van der Waals surface area contributed by atoms with Gasteiger partial charge in [0.05, 0.1) is 13.2 Å². The number of carbonyl (C=O) groups is 2. The Morgan fingerprint density at radius 3 is 2.55 bits per heavy atom. The molecule has 0 saturated heterocycles. The van der Waals surface area contributed by atoms with Gasteiger partial charge in [-0.3, -0.25) is 14.5 Å². The molecule has 5 nitrogen and oxygen atoms in total. The van der Waals surface area contributed by atoms with Gasteiger partial charge in [-0.15, -0.1) is 0 Å². The van der Waals surface area contributed by atoms with E-state index in [1.54, 1.807) is 25.1 Å². The number of halogens is 2. The molecule has 154 valence electrons. The van der Waals surface area contributed by atoms with Gasteiger partial charge in [0.1, 0.15) is 5.54 Å². The SMILES string of the molecule is CCOC(=O)CN(C(C)C)C1(Cc2cccc(Cl)c2)C(=O)Nc2cc(Cl)ccc21. The molecular formula is C22H24Cl2N2O3. The van der Waals surface area contributed by atoms with Gasteiger partial charge in [0.2, 0.25) is 5.91 Å². The summed E-state index contributed by atoms with van der Waals surface area (Å²) in [4.78, 5) is 27.7. The van der Waals surface area contributed by atoms with Gasteiger partial charge >= 0.3 is 5.97 Å². The number of ether oxygens (including phenoxy) is 1. The first-order valence-electron chi connectivity index (χ1n) is 9.56. The molecule has 0 fully saturated rings. The first-order chi connectivity index (χ1) is 13.8. The van der Waals surface area contributed by atoms with Gasteiger partial charge in [0.25, 0.3) is 0 Å². The van der Waals surface area contributed by atoms with Crippen LogP contribution in [-0.2, 0) is 26.3 Å². The van der Waals surface area contributed by atoms with Gasteiger partial charge in [-0.05, 0) is 50.6 Å². The van der Waals surface area contributed by atoms with Gasteiger partial charge < -0.3 is 10.1 Å². The zero-order chi connectivity index (χ0) is 21.2. The maximum absolute atomic E-state index is 13.5. The van der Waals surface area contributed by atoms with Crippen LogP contribution in [0.2, 0.25) is 10.0 Å². The second-order valence-electron chi connectivity index (χ2n) is 7.34. The molecule has 3 rings (SSSR count). The Kier molecular flexibility index (Phi) is 6.52. The highest BCUT2D eigenvalue weighted by Gasteiger charge is 2.52. The first kappa shape index (κ1) is 21.6. The van der Waals surface area contributed by atoms with E-state index in [0.717, 1.165) is 11.1 Å². The summed E-state index contributed by atoms with van der Waals surface area (Å²) in [5.41, 5.74) is 1.24. The van der Waals surface area contributed by atoms with E-state index in [9.17, 15) is 9.59 Å². The molecule has 1 atom stereocenters. The number of fused-ring (bicyclic) bond motifs is 1. The van der Waals surface area contributed by atoms with Crippen LogP contribution in [0.5, 0.6) is 0 Å². The van der Waals surface area contributed by atoms with Gasteiger partial charge in [-0.25, -0.2) is 0 Å². The van der Waals surface area contributed by atoms with Crippen molar-refractivity contribution in [3.63, 3.8) is 0 Å². The summed E-state index contributed by atoms with van der Waals surface area (Å²) in [7, 11) is 0. The van der Waals surface area contributed by atoms with Crippen LogP contribution < -0.4 is 5.32 Å². The quantitative estimate of drug-likeness (QED) is 0.643. The largest absolute Gasteiger partial charge is 0.465 e. The van der Waals surface area contributed by atoms with Crippen molar-refractivity contribution in [2.75, 3.05) is 18.5 Å². The van der Waals surface area contributed by atoms with Crippen molar-refractivity contribution >= 4 is 40.8 Å². The van der Waals surface area contributed by atoms with Crippen LogP contribution in [0.4, 0.5) is 5.69 Å². The Labute approximate surface area is 180 Å². The lowest BCUT2D eigenvalue weighted by atomic mass is 9.82. The van der Waals surface area contributed by atoms with Gasteiger partial charge in [0, 0.05) is 33.8 Å². The maximum atomic E-state index is 13.5. The van der Waals surface area contributed by atoms with Crippen LogP contribution in [0.1, 0.15) is 31.9 Å². The van der Waals surface area contributed by atoms with Gasteiger partial charge in [-0.2, -0.15) is 0 Å². The molecular weight excluding hydrogens is 411 g/mol. The smallest absolute Gasteiger partial charge is 0.320 e. The van der Waals surface area contributed by atoms with Crippen molar-refractivity contribution in [3.8, 4) is 0 Å². The van der Waals surface area contributed by atoms with Gasteiger partial charge in [-0.1, -0.05) is 41.4 Å². The summed E-state index contributed by atoms with van der Waals surface area (Å²) in [5.74, 6) is -0.574. The normalized spacial score (nSPS) is 18.1. The average Bonchev–Trinajstić information content (AvgIpc) is 2.91. The first-order valence-corrected chi connectivity index (χ1v) is 10.3. The van der Waals surface area contributed by atoms with E-state index in [2.05, 4.69) is 5.32 Å². The molecule has 2 aromatic rings. The van der Waals surface area contributed by atoms with Crippen LogP contribution in [-0.4, -0.2) is 36.0 Å². The Morgan fingerprint density at radius 1 is 1.17 bits per heavy atom. The predicted octanol–water partition coefficient (Wildman–Crippen LogP) is 4.66. The van der Waals surface area contributed by atoms with Crippen LogP contribution >= 0.6 is 23.2 Å². The van der Waals surface area contributed by atoms with E-state index in [1.807, 2.05) is 43.0 Å². The number of benzene rings is 2. The Balaban J connectivity index is 2.16. The number of carbonyl (C=O) groups excluding carboxylic acids is 2. The zero-order valence-corrected chi connectivity index (χ0v) is 18.2. The molecule has 29 heavy (non-hydrogen) atoms. The van der Waals surface area contributed by atoms with Crippen molar-refractivity contribution < 1.29 is 14.3 Å². The van der Waals surface area contributed by atoms with Crippen LogP contribution in [0, 0.1) is 0 Å². The number of nitrogens with one attached hydrogen (secondary N) is 1.